The van der Waals surface area contributed by atoms with Gasteiger partial charge in [-0.3, -0.25) is 4.79 Å². The Balaban J connectivity index is 1.98. The number of nitrogens with zero attached hydrogens (tertiary/aromatic N) is 2. The summed E-state index contributed by atoms with van der Waals surface area (Å²) >= 11 is 0. The lowest BCUT2D eigenvalue weighted by molar-refractivity contribution is -0.123. The minimum atomic E-state index is -0.401. The van der Waals surface area contributed by atoms with Crippen LogP contribution in [0.25, 0.3) is 0 Å². The second-order valence-electron chi connectivity index (χ2n) is 6.43. The van der Waals surface area contributed by atoms with Gasteiger partial charge in [0.15, 0.2) is 0 Å². The number of hydrogen-bond acceptors (Lipinski definition) is 4. The SMILES string of the molecule is CC(C)(C)C(=O)Nc1ccc(N2CCC(N)CC2)nc1. The van der Waals surface area contributed by atoms with Crippen LogP contribution in [0.3, 0.4) is 0 Å². The van der Waals surface area contributed by atoms with Crippen molar-refractivity contribution in [3.8, 4) is 0 Å². The van der Waals surface area contributed by atoms with Crippen LogP contribution in [0.2, 0.25) is 0 Å². The summed E-state index contributed by atoms with van der Waals surface area (Å²) in [6, 6.07) is 4.17. The molecule has 0 aromatic carbocycles. The Kier molecular flexibility index (Phi) is 4.28. The van der Waals surface area contributed by atoms with Gasteiger partial charge in [-0.1, -0.05) is 20.8 Å². The predicted molar refractivity (Wildman–Crippen MR) is 81.7 cm³/mol. The number of nitrogens with one attached hydrogen (secondary N) is 1. The van der Waals surface area contributed by atoms with E-state index in [-0.39, 0.29) is 5.91 Å². The minimum absolute atomic E-state index is 0.00371. The second-order valence-corrected chi connectivity index (χ2v) is 6.43. The Morgan fingerprint density at radius 2 is 2.00 bits per heavy atom. The third kappa shape index (κ3) is 3.70. The number of aromatic nitrogens is 1. The first kappa shape index (κ1) is 14.8. The maximum absolute atomic E-state index is 11.9. The van der Waals surface area contributed by atoms with Crippen LogP contribution in [-0.4, -0.2) is 30.0 Å². The molecular weight excluding hydrogens is 252 g/mol. The van der Waals surface area contributed by atoms with Crippen LogP contribution >= 0.6 is 0 Å². The Morgan fingerprint density at radius 1 is 1.35 bits per heavy atom. The van der Waals surface area contributed by atoms with E-state index in [9.17, 15) is 4.79 Å². The summed E-state index contributed by atoms with van der Waals surface area (Å²) in [5.41, 5.74) is 6.24. The molecule has 0 spiro atoms. The van der Waals surface area contributed by atoms with E-state index in [1.54, 1.807) is 6.20 Å². The van der Waals surface area contributed by atoms with Crippen LogP contribution in [0.1, 0.15) is 33.6 Å². The van der Waals surface area contributed by atoms with E-state index in [1.165, 1.54) is 0 Å². The van der Waals surface area contributed by atoms with Gasteiger partial charge in [0.25, 0.3) is 0 Å². The van der Waals surface area contributed by atoms with E-state index in [0.717, 1.165) is 37.4 Å². The lowest BCUT2D eigenvalue weighted by atomic mass is 9.96. The minimum Gasteiger partial charge on any atom is -0.357 e. The number of carbonyl (C=O) groups is 1. The summed E-state index contributed by atoms with van der Waals surface area (Å²) in [6.07, 6.45) is 3.72. The van der Waals surface area contributed by atoms with Crippen molar-refractivity contribution in [2.75, 3.05) is 23.3 Å². The lowest BCUT2D eigenvalue weighted by Crippen LogP contribution is -2.40. The zero-order valence-electron chi connectivity index (χ0n) is 12.5. The monoisotopic (exact) mass is 276 g/mol. The summed E-state index contributed by atoms with van der Waals surface area (Å²) in [7, 11) is 0. The number of hydrogen-bond donors (Lipinski definition) is 2. The smallest absolute Gasteiger partial charge is 0.229 e. The normalized spacial score (nSPS) is 17.1. The largest absolute Gasteiger partial charge is 0.357 e. The number of piperidine rings is 1. The van der Waals surface area contributed by atoms with Gasteiger partial charge < -0.3 is 16.0 Å². The van der Waals surface area contributed by atoms with Crippen LogP contribution in [0.5, 0.6) is 0 Å². The summed E-state index contributed by atoms with van der Waals surface area (Å²) in [4.78, 5) is 18.6. The average molecular weight is 276 g/mol. The molecule has 0 aliphatic carbocycles. The lowest BCUT2D eigenvalue weighted by Gasteiger charge is -2.31. The summed E-state index contributed by atoms with van der Waals surface area (Å²) in [5, 5.41) is 2.88. The Morgan fingerprint density at radius 3 is 2.50 bits per heavy atom. The van der Waals surface area contributed by atoms with Crippen LogP contribution in [0, 0.1) is 5.41 Å². The Bertz CT molecular complexity index is 456. The van der Waals surface area contributed by atoms with E-state index in [1.807, 2.05) is 32.9 Å². The van der Waals surface area contributed by atoms with E-state index in [0.29, 0.717) is 6.04 Å². The molecule has 110 valence electrons. The molecule has 20 heavy (non-hydrogen) atoms. The number of rotatable bonds is 2. The first-order chi connectivity index (χ1) is 9.36. The summed E-state index contributed by atoms with van der Waals surface area (Å²) in [6.45, 7) is 7.56. The molecule has 0 unspecified atom stereocenters. The first-order valence-corrected chi connectivity index (χ1v) is 7.14. The molecule has 1 saturated heterocycles. The van der Waals surface area contributed by atoms with Gasteiger partial charge in [-0.05, 0) is 25.0 Å². The van der Waals surface area contributed by atoms with Crippen LogP contribution in [0.15, 0.2) is 18.3 Å². The van der Waals surface area contributed by atoms with Crippen molar-refractivity contribution in [3.05, 3.63) is 18.3 Å². The van der Waals surface area contributed by atoms with Crippen LogP contribution < -0.4 is 16.0 Å². The van der Waals surface area contributed by atoms with E-state index in [4.69, 9.17) is 5.73 Å². The molecular formula is C15H24N4O. The highest BCUT2D eigenvalue weighted by Gasteiger charge is 2.21. The van der Waals surface area contributed by atoms with Crippen molar-refractivity contribution < 1.29 is 4.79 Å². The maximum Gasteiger partial charge on any atom is 0.229 e. The van der Waals surface area contributed by atoms with Crippen molar-refractivity contribution in [2.24, 2.45) is 11.1 Å². The zero-order valence-corrected chi connectivity index (χ0v) is 12.5. The third-order valence-corrected chi connectivity index (χ3v) is 3.55. The molecule has 1 aromatic rings. The standard InChI is InChI=1S/C15H24N4O/c1-15(2,3)14(20)18-12-4-5-13(17-10-12)19-8-6-11(16)7-9-19/h4-5,10-11H,6-9,16H2,1-3H3,(H,18,20). The molecule has 1 fully saturated rings. The molecule has 3 N–H and O–H groups in total. The molecule has 5 heteroatoms. The van der Waals surface area contributed by atoms with Crippen molar-refractivity contribution in [1.82, 2.24) is 4.98 Å². The molecule has 5 nitrogen and oxygen atoms in total. The Hall–Kier alpha value is -1.62. The van der Waals surface area contributed by atoms with E-state index >= 15 is 0 Å². The number of nitrogens with two attached hydrogens (primary N) is 1. The highest BCUT2D eigenvalue weighted by atomic mass is 16.2. The summed E-state index contributed by atoms with van der Waals surface area (Å²) < 4.78 is 0. The van der Waals surface area contributed by atoms with Gasteiger partial charge in [0.1, 0.15) is 5.82 Å². The Labute approximate surface area is 120 Å². The molecule has 0 radical (unpaired) electrons. The van der Waals surface area contributed by atoms with Gasteiger partial charge in [-0.2, -0.15) is 0 Å². The number of pyridine rings is 1. The zero-order chi connectivity index (χ0) is 14.8. The maximum atomic E-state index is 11.9. The van der Waals surface area contributed by atoms with Crippen molar-refractivity contribution in [1.29, 1.82) is 0 Å². The molecule has 0 atom stereocenters. The van der Waals surface area contributed by atoms with Gasteiger partial charge in [-0.25, -0.2) is 4.98 Å². The second kappa shape index (κ2) is 5.79. The summed E-state index contributed by atoms with van der Waals surface area (Å²) in [5.74, 6) is 0.946. The predicted octanol–water partition coefficient (Wildman–Crippen LogP) is 1.99. The van der Waals surface area contributed by atoms with Gasteiger partial charge in [0.2, 0.25) is 5.91 Å². The molecule has 1 aromatic heterocycles. The van der Waals surface area contributed by atoms with Crippen molar-refractivity contribution >= 4 is 17.4 Å². The van der Waals surface area contributed by atoms with E-state index in [2.05, 4.69) is 15.2 Å². The van der Waals surface area contributed by atoms with Crippen molar-refractivity contribution in [3.63, 3.8) is 0 Å². The third-order valence-electron chi connectivity index (χ3n) is 3.55. The number of carbonyl (C=O) groups excluding carboxylic acids is 1. The quantitative estimate of drug-likeness (QED) is 0.866. The number of amides is 1. The fourth-order valence-corrected chi connectivity index (χ4v) is 2.09. The first-order valence-electron chi connectivity index (χ1n) is 7.14. The van der Waals surface area contributed by atoms with Gasteiger partial charge in [0, 0.05) is 24.5 Å². The fourth-order valence-electron chi connectivity index (χ4n) is 2.09. The van der Waals surface area contributed by atoms with Gasteiger partial charge >= 0.3 is 0 Å². The van der Waals surface area contributed by atoms with Crippen LogP contribution in [-0.2, 0) is 4.79 Å². The topological polar surface area (TPSA) is 71.2 Å². The molecule has 1 aliphatic heterocycles. The van der Waals surface area contributed by atoms with Crippen LogP contribution in [0.4, 0.5) is 11.5 Å². The average Bonchev–Trinajstić information content (AvgIpc) is 2.39. The highest BCUT2D eigenvalue weighted by molar-refractivity contribution is 5.94. The van der Waals surface area contributed by atoms with Gasteiger partial charge in [-0.15, -0.1) is 0 Å². The fraction of sp³-hybridized carbons (Fsp3) is 0.600. The van der Waals surface area contributed by atoms with E-state index < -0.39 is 5.41 Å². The highest BCUT2D eigenvalue weighted by Crippen LogP contribution is 2.20. The molecule has 2 rings (SSSR count). The number of anilines is 2. The molecule has 0 saturated carbocycles. The molecule has 1 aliphatic rings. The molecule has 0 bridgehead atoms. The van der Waals surface area contributed by atoms with Crippen molar-refractivity contribution in [2.45, 2.75) is 39.7 Å². The molecule has 1 amide bonds. The van der Waals surface area contributed by atoms with Gasteiger partial charge in [0.05, 0.1) is 11.9 Å². The molecule has 2 heterocycles.